The number of benzene rings is 1. The Bertz CT molecular complexity index is 895. The summed E-state index contributed by atoms with van der Waals surface area (Å²) in [5.74, 6) is 0.588. The Balaban J connectivity index is 2.27. The van der Waals surface area contributed by atoms with E-state index in [1.807, 2.05) is 29.7 Å². The molecule has 5 heteroatoms. The van der Waals surface area contributed by atoms with Crippen molar-refractivity contribution in [3.05, 3.63) is 57.0 Å². The molecule has 0 amide bonds. The van der Waals surface area contributed by atoms with Crippen molar-refractivity contribution in [1.82, 2.24) is 0 Å². The number of hydrogen-bond donors (Lipinski definition) is 1. The standard InChI is InChI=1S/C16H10N2O2S/c1-9-15(16(19)14-3-2-4-21-14)12-5-10(7-17)11(8-18)6-13(12)20-9/h2-6,16,19H,1H3/t16-/m1/s1. The van der Waals surface area contributed by atoms with Crippen LogP contribution in [0.1, 0.15) is 33.4 Å². The van der Waals surface area contributed by atoms with Gasteiger partial charge in [-0.2, -0.15) is 10.5 Å². The smallest absolute Gasteiger partial charge is 0.136 e. The summed E-state index contributed by atoms with van der Waals surface area (Å²) in [6.45, 7) is 1.77. The molecule has 0 fully saturated rings. The average molecular weight is 294 g/mol. The molecular weight excluding hydrogens is 284 g/mol. The van der Waals surface area contributed by atoms with Crippen LogP contribution in [0.4, 0.5) is 0 Å². The van der Waals surface area contributed by atoms with E-state index < -0.39 is 6.10 Å². The maximum absolute atomic E-state index is 10.5. The lowest BCUT2D eigenvalue weighted by Crippen LogP contribution is -1.98. The van der Waals surface area contributed by atoms with Crippen LogP contribution >= 0.6 is 11.3 Å². The van der Waals surface area contributed by atoms with Crippen LogP contribution in [-0.4, -0.2) is 5.11 Å². The third-order valence-electron chi connectivity index (χ3n) is 3.38. The van der Waals surface area contributed by atoms with E-state index in [-0.39, 0.29) is 11.1 Å². The maximum Gasteiger partial charge on any atom is 0.136 e. The molecule has 21 heavy (non-hydrogen) atoms. The van der Waals surface area contributed by atoms with Gasteiger partial charge in [-0.1, -0.05) is 6.07 Å². The summed E-state index contributed by atoms with van der Waals surface area (Å²) < 4.78 is 5.64. The van der Waals surface area contributed by atoms with Crippen molar-refractivity contribution in [1.29, 1.82) is 10.5 Å². The highest BCUT2D eigenvalue weighted by molar-refractivity contribution is 7.10. The van der Waals surface area contributed by atoms with Gasteiger partial charge in [-0.15, -0.1) is 11.3 Å². The zero-order valence-corrected chi connectivity index (χ0v) is 11.9. The topological polar surface area (TPSA) is 81.0 Å². The molecule has 0 bridgehead atoms. The van der Waals surface area contributed by atoms with Gasteiger partial charge in [0.2, 0.25) is 0 Å². The summed E-state index contributed by atoms with van der Waals surface area (Å²) in [5, 5.41) is 31.3. The van der Waals surface area contributed by atoms with Crippen molar-refractivity contribution >= 4 is 22.3 Å². The zero-order chi connectivity index (χ0) is 15.0. The van der Waals surface area contributed by atoms with Crippen LogP contribution in [-0.2, 0) is 0 Å². The minimum atomic E-state index is -0.800. The van der Waals surface area contributed by atoms with E-state index in [2.05, 4.69) is 0 Å². The Morgan fingerprint density at radius 2 is 1.95 bits per heavy atom. The molecule has 102 valence electrons. The Kier molecular flexibility index (Phi) is 3.23. The third-order valence-corrected chi connectivity index (χ3v) is 4.30. The first kappa shape index (κ1) is 13.4. The lowest BCUT2D eigenvalue weighted by molar-refractivity contribution is 0.223. The highest BCUT2D eigenvalue weighted by Gasteiger charge is 2.22. The Morgan fingerprint density at radius 3 is 2.57 bits per heavy atom. The average Bonchev–Trinajstić information content (AvgIpc) is 3.11. The molecule has 2 aromatic heterocycles. The van der Waals surface area contributed by atoms with Crippen molar-refractivity contribution in [3.8, 4) is 12.1 Å². The first-order valence-electron chi connectivity index (χ1n) is 6.24. The maximum atomic E-state index is 10.5. The first-order valence-corrected chi connectivity index (χ1v) is 7.12. The van der Waals surface area contributed by atoms with E-state index in [1.54, 1.807) is 19.1 Å². The van der Waals surface area contributed by atoms with Gasteiger partial charge in [-0.25, -0.2) is 0 Å². The summed E-state index contributed by atoms with van der Waals surface area (Å²) >= 11 is 1.46. The van der Waals surface area contributed by atoms with E-state index in [4.69, 9.17) is 14.9 Å². The SMILES string of the molecule is Cc1oc2cc(C#N)c(C#N)cc2c1[C@H](O)c1cccs1. The number of aryl methyl sites for hydroxylation is 1. The van der Waals surface area contributed by atoms with Gasteiger partial charge >= 0.3 is 0 Å². The molecule has 3 rings (SSSR count). The molecular formula is C16H10N2O2S. The number of aliphatic hydroxyl groups is 1. The van der Waals surface area contributed by atoms with E-state index in [0.29, 0.717) is 22.3 Å². The summed E-state index contributed by atoms with van der Waals surface area (Å²) in [6, 6.07) is 10.9. The van der Waals surface area contributed by atoms with E-state index >= 15 is 0 Å². The van der Waals surface area contributed by atoms with Crippen molar-refractivity contribution in [2.75, 3.05) is 0 Å². The minimum absolute atomic E-state index is 0.274. The van der Waals surface area contributed by atoms with Crippen LogP contribution in [0.3, 0.4) is 0 Å². The molecule has 0 aliphatic rings. The fourth-order valence-electron chi connectivity index (χ4n) is 2.40. The molecule has 0 saturated heterocycles. The second-order valence-electron chi connectivity index (χ2n) is 4.61. The van der Waals surface area contributed by atoms with Gasteiger partial charge in [0.25, 0.3) is 0 Å². The number of fused-ring (bicyclic) bond motifs is 1. The Morgan fingerprint density at radius 1 is 1.24 bits per heavy atom. The highest BCUT2D eigenvalue weighted by Crippen LogP contribution is 2.36. The molecule has 0 unspecified atom stereocenters. The molecule has 3 aromatic rings. The van der Waals surface area contributed by atoms with Crippen LogP contribution in [0.25, 0.3) is 11.0 Å². The van der Waals surface area contributed by atoms with Gasteiger partial charge in [-0.05, 0) is 24.4 Å². The van der Waals surface area contributed by atoms with Crippen molar-refractivity contribution in [2.24, 2.45) is 0 Å². The number of rotatable bonds is 2. The summed E-state index contributed by atoms with van der Waals surface area (Å²) in [5.41, 5.74) is 1.71. The van der Waals surface area contributed by atoms with Gasteiger partial charge in [0, 0.05) is 21.9 Å². The summed E-state index contributed by atoms with van der Waals surface area (Å²) in [7, 11) is 0. The number of furan rings is 1. The first-order chi connectivity index (χ1) is 10.2. The van der Waals surface area contributed by atoms with Gasteiger partial charge < -0.3 is 9.52 Å². The minimum Gasteiger partial charge on any atom is -0.461 e. The van der Waals surface area contributed by atoms with Crippen molar-refractivity contribution in [2.45, 2.75) is 13.0 Å². The predicted molar refractivity (Wildman–Crippen MR) is 78.8 cm³/mol. The van der Waals surface area contributed by atoms with Crippen LogP contribution in [0, 0.1) is 29.6 Å². The van der Waals surface area contributed by atoms with Gasteiger partial charge in [0.1, 0.15) is 29.6 Å². The van der Waals surface area contributed by atoms with Crippen LogP contribution in [0.5, 0.6) is 0 Å². The molecule has 4 nitrogen and oxygen atoms in total. The number of nitriles is 2. The normalized spacial score (nSPS) is 12.0. The molecule has 2 heterocycles. The number of thiophene rings is 1. The second-order valence-corrected chi connectivity index (χ2v) is 5.59. The van der Waals surface area contributed by atoms with Gasteiger partial charge in [-0.3, -0.25) is 0 Å². The van der Waals surface area contributed by atoms with Crippen molar-refractivity contribution < 1.29 is 9.52 Å². The fourth-order valence-corrected chi connectivity index (χ4v) is 3.12. The molecule has 0 radical (unpaired) electrons. The second kappa shape index (κ2) is 5.06. The number of hydrogen-bond acceptors (Lipinski definition) is 5. The fraction of sp³-hybridized carbons (Fsp3) is 0.125. The number of aliphatic hydroxyl groups excluding tert-OH is 1. The molecule has 1 N–H and O–H groups in total. The van der Waals surface area contributed by atoms with Gasteiger partial charge in [0.15, 0.2) is 0 Å². The summed E-state index contributed by atoms with van der Waals surface area (Å²) in [4.78, 5) is 0.809. The van der Waals surface area contributed by atoms with Crippen LogP contribution in [0.2, 0.25) is 0 Å². The highest BCUT2D eigenvalue weighted by atomic mass is 32.1. The predicted octanol–water partition coefficient (Wildman–Crippen LogP) is 3.63. The molecule has 0 spiro atoms. The zero-order valence-electron chi connectivity index (χ0n) is 11.1. The molecule has 0 saturated carbocycles. The molecule has 1 atom stereocenters. The Hall–Kier alpha value is -2.60. The monoisotopic (exact) mass is 294 g/mol. The van der Waals surface area contributed by atoms with Crippen molar-refractivity contribution in [3.63, 3.8) is 0 Å². The molecule has 1 aromatic carbocycles. The molecule has 0 aliphatic heterocycles. The largest absolute Gasteiger partial charge is 0.461 e. The number of nitrogens with zero attached hydrogens (tertiary/aromatic N) is 2. The lowest BCUT2D eigenvalue weighted by atomic mass is 10.0. The van der Waals surface area contributed by atoms with E-state index in [9.17, 15) is 5.11 Å². The third kappa shape index (κ3) is 2.09. The van der Waals surface area contributed by atoms with E-state index in [0.717, 1.165) is 4.88 Å². The summed E-state index contributed by atoms with van der Waals surface area (Å²) in [6.07, 6.45) is -0.800. The van der Waals surface area contributed by atoms with E-state index in [1.165, 1.54) is 11.3 Å². The molecule has 0 aliphatic carbocycles. The van der Waals surface area contributed by atoms with Crippen LogP contribution in [0.15, 0.2) is 34.1 Å². The van der Waals surface area contributed by atoms with Gasteiger partial charge in [0.05, 0.1) is 11.1 Å². The quantitative estimate of drug-likeness (QED) is 0.782. The van der Waals surface area contributed by atoms with Crippen LogP contribution < -0.4 is 0 Å². The Labute approximate surface area is 125 Å². The lowest BCUT2D eigenvalue weighted by Gasteiger charge is -2.08.